The predicted octanol–water partition coefficient (Wildman–Crippen LogP) is 3.36. The standard InChI is InChI=1S/C21H17F2N3O3/c1-12-18(21(28)29)10-24-26(12)16-4-2-13(3-5-16)20(27)25-7-6-17-14(11-25)8-15(22)9-19(17)23/h2-5,8-10H,6-7,11H2,1H3,(H,28,29). The molecule has 1 N–H and O–H groups in total. The molecule has 6 nitrogen and oxygen atoms in total. The van der Waals surface area contributed by atoms with Gasteiger partial charge < -0.3 is 10.0 Å². The average Bonchev–Trinajstić information content (AvgIpc) is 3.08. The third-order valence-corrected chi connectivity index (χ3v) is 5.13. The number of aromatic nitrogens is 2. The summed E-state index contributed by atoms with van der Waals surface area (Å²) in [4.78, 5) is 25.5. The Morgan fingerprint density at radius 1 is 1.14 bits per heavy atom. The Balaban J connectivity index is 1.55. The number of carbonyl (C=O) groups is 2. The van der Waals surface area contributed by atoms with Crippen LogP contribution in [-0.2, 0) is 13.0 Å². The molecule has 1 amide bonds. The highest BCUT2D eigenvalue weighted by molar-refractivity contribution is 5.94. The van der Waals surface area contributed by atoms with Crippen molar-refractivity contribution in [2.45, 2.75) is 19.9 Å². The number of fused-ring (bicyclic) bond motifs is 1. The lowest BCUT2D eigenvalue weighted by molar-refractivity contribution is 0.0694. The van der Waals surface area contributed by atoms with Gasteiger partial charge in [-0.05, 0) is 54.8 Å². The van der Waals surface area contributed by atoms with E-state index in [-0.39, 0.29) is 18.0 Å². The van der Waals surface area contributed by atoms with E-state index in [0.717, 1.165) is 6.07 Å². The summed E-state index contributed by atoms with van der Waals surface area (Å²) in [6, 6.07) is 8.73. The third kappa shape index (κ3) is 3.37. The molecule has 2 heterocycles. The first-order valence-corrected chi connectivity index (χ1v) is 8.99. The first-order valence-electron chi connectivity index (χ1n) is 8.99. The van der Waals surface area contributed by atoms with Crippen LogP contribution in [0.5, 0.6) is 0 Å². The lowest BCUT2D eigenvalue weighted by Gasteiger charge is -2.29. The van der Waals surface area contributed by atoms with Gasteiger partial charge in [0.05, 0.1) is 17.6 Å². The van der Waals surface area contributed by atoms with Gasteiger partial charge in [0.25, 0.3) is 5.91 Å². The van der Waals surface area contributed by atoms with Crippen molar-refractivity contribution in [2.24, 2.45) is 0 Å². The van der Waals surface area contributed by atoms with Gasteiger partial charge in [-0.3, -0.25) is 4.79 Å². The van der Waals surface area contributed by atoms with Gasteiger partial charge in [-0.25, -0.2) is 18.3 Å². The van der Waals surface area contributed by atoms with Crippen molar-refractivity contribution in [3.63, 3.8) is 0 Å². The van der Waals surface area contributed by atoms with Gasteiger partial charge in [0.1, 0.15) is 17.2 Å². The molecule has 0 fully saturated rings. The number of amides is 1. The predicted molar refractivity (Wildman–Crippen MR) is 100 cm³/mol. The van der Waals surface area contributed by atoms with E-state index in [0.29, 0.717) is 41.0 Å². The Hall–Kier alpha value is -3.55. The fourth-order valence-corrected chi connectivity index (χ4v) is 3.59. The van der Waals surface area contributed by atoms with Crippen molar-refractivity contribution in [1.82, 2.24) is 14.7 Å². The van der Waals surface area contributed by atoms with Crippen molar-refractivity contribution >= 4 is 11.9 Å². The number of carbonyl (C=O) groups excluding carboxylic acids is 1. The fourth-order valence-electron chi connectivity index (χ4n) is 3.59. The Labute approximate surface area is 165 Å². The molecule has 0 unspecified atom stereocenters. The van der Waals surface area contributed by atoms with Crippen LogP contribution >= 0.6 is 0 Å². The molecule has 1 aliphatic rings. The van der Waals surface area contributed by atoms with E-state index in [1.807, 2.05) is 0 Å². The first kappa shape index (κ1) is 18.8. The van der Waals surface area contributed by atoms with Crippen LogP contribution in [0.3, 0.4) is 0 Å². The highest BCUT2D eigenvalue weighted by Crippen LogP contribution is 2.24. The molecule has 0 radical (unpaired) electrons. The first-order chi connectivity index (χ1) is 13.8. The monoisotopic (exact) mass is 397 g/mol. The normalized spacial score (nSPS) is 13.3. The zero-order valence-electron chi connectivity index (χ0n) is 15.5. The number of aromatic carboxylic acids is 1. The van der Waals surface area contributed by atoms with E-state index in [9.17, 15) is 18.4 Å². The summed E-state index contributed by atoms with van der Waals surface area (Å²) < 4.78 is 28.9. The van der Waals surface area contributed by atoms with Crippen molar-refractivity contribution in [1.29, 1.82) is 0 Å². The average molecular weight is 397 g/mol. The summed E-state index contributed by atoms with van der Waals surface area (Å²) in [6.45, 7) is 2.14. The van der Waals surface area contributed by atoms with Gasteiger partial charge in [-0.2, -0.15) is 5.10 Å². The van der Waals surface area contributed by atoms with E-state index in [4.69, 9.17) is 5.11 Å². The van der Waals surface area contributed by atoms with Crippen molar-refractivity contribution in [2.75, 3.05) is 6.54 Å². The number of rotatable bonds is 3. The number of halogens is 2. The van der Waals surface area contributed by atoms with Gasteiger partial charge in [0, 0.05) is 24.7 Å². The molecular formula is C21H17F2N3O3. The number of hydrogen-bond acceptors (Lipinski definition) is 3. The van der Waals surface area contributed by atoms with E-state index in [2.05, 4.69) is 5.10 Å². The van der Waals surface area contributed by atoms with Gasteiger partial charge in [-0.15, -0.1) is 0 Å². The molecule has 2 aromatic carbocycles. The van der Waals surface area contributed by atoms with Crippen LogP contribution in [-0.4, -0.2) is 38.2 Å². The van der Waals surface area contributed by atoms with Crippen LogP contribution in [0.2, 0.25) is 0 Å². The maximum Gasteiger partial charge on any atom is 0.339 e. The smallest absolute Gasteiger partial charge is 0.339 e. The number of carboxylic acids is 1. The van der Waals surface area contributed by atoms with Gasteiger partial charge in [0.15, 0.2) is 0 Å². The number of benzene rings is 2. The minimum Gasteiger partial charge on any atom is -0.478 e. The van der Waals surface area contributed by atoms with Crippen LogP contribution in [0.4, 0.5) is 8.78 Å². The summed E-state index contributed by atoms with van der Waals surface area (Å²) >= 11 is 0. The van der Waals surface area contributed by atoms with Crippen molar-refractivity contribution < 1.29 is 23.5 Å². The van der Waals surface area contributed by atoms with Crippen LogP contribution in [0.15, 0.2) is 42.6 Å². The Morgan fingerprint density at radius 3 is 2.52 bits per heavy atom. The molecule has 0 aliphatic carbocycles. The summed E-state index contributed by atoms with van der Waals surface area (Å²) in [7, 11) is 0. The van der Waals surface area contributed by atoms with Gasteiger partial charge >= 0.3 is 5.97 Å². The highest BCUT2D eigenvalue weighted by Gasteiger charge is 2.24. The molecule has 8 heteroatoms. The molecule has 4 rings (SSSR count). The van der Waals surface area contributed by atoms with E-state index < -0.39 is 17.6 Å². The zero-order valence-corrected chi connectivity index (χ0v) is 15.5. The van der Waals surface area contributed by atoms with Crippen LogP contribution in [0.25, 0.3) is 5.69 Å². The largest absolute Gasteiger partial charge is 0.478 e. The van der Waals surface area contributed by atoms with Crippen LogP contribution in [0, 0.1) is 18.6 Å². The Bertz CT molecular complexity index is 1120. The second-order valence-corrected chi connectivity index (χ2v) is 6.91. The molecule has 3 aromatic rings. The lowest BCUT2D eigenvalue weighted by Crippen LogP contribution is -2.36. The van der Waals surface area contributed by atoms with Crippen molar-refractivity contribution in [3.05, 3.63) is 82.2 Å². The topological polar surface area (TPSA) is 75.4 Å². The summed E-state index contributed by atoms with van der Waals surface area (Å²) in [5, 5.41) is 13.2. The third-order valence-electron chi connectivity index (χ3n) is 5.13. The maximum absolute atomic E-state index is 13.9. The van der Waals surface area contributed by atoms with Crippen LogP contribution < -0.4 is 0 Å². The zero-order chi connectivity index (χ0) is 20.7. The summed E-state index contributed by atoms with van der Waals surface area (Å²) in [6.07, 6.45) is 1.61. The molecular weight excluding hydrogens is 380 g/mol. The Morgan fingerprint density at radius 2 is 1.86 bits per heavy atom. The molecule has 0 bridgehead atoms. The minimum absolute atomic E-state index is 0.108. The maximum atomic E-state index is 13.9. The van der Waals surface area contributed by atoms with Gasteiger partial charge in [0.2, 0.25) is 0 Å². The SMILES string of the molecule is Cc1c(C(=O)O)cnn1-c1ccc(C(=O)N2CCc3c(F)cc(F)cc3C2)cc1. The second-order valence-electron chi connectivity index (χ2n) is 6.91. The molecule has 1 aliphatic heterocycles. The van der Waals surface area contributed by atoms with E-state index in [1.165, 1.54) is 16.9 Å². The summed E-state index contributed by atoms with van der Waals surface area (Å²) in [5.41, 5.74) is 2.57. The molecule has 0 saturated carbocycles. The van der Waals surface area contributed by atoms with E-state index >= 15 is 0 Å². The van der Waals surface area contributed by atoms with Gasteiger partial charge in [-0.1, -0.05) is 0 Å². The molecule has 0 spiro atoms. The van der Waals surface area contributed by atoms with E-state index in [1.54, 1.807) is 36.1 Å². The molecule has 29 heavy (non-hydrogen) atoms. The minimum atomic E-state index is -1.06. The second kappa shape index (κ2) is 7.12. The summed E-state index contributed by atoms with van der Waals surface area (Å²) in [5.74, 6) is -2.53. The number of hydrogen-bond donors (Lipinski definition) is 1. The molecule has 0 atom stereocenters. The lowest BCUT2D eigenvalue weighted by atomic mass is 9.98. The number of carboxylic acid groups (broad SMARTS) is 1. The molecule has 148 valence electrons. The number of nitrogens with zero attached hydrogens (tertiary/aromatic N) is 3. The Kier molecular flexibility index (Phi) is 4.62. The fraction of sp³-hybridized carbons (Fsp3) is 0.190. The van der Waals surface area contributed by atoms with Crippen LogP contribution in [0.1, 0.15) is 37.5 Å². The molecule has 1 aromatic heterocycles. The van der Waals surface area contributed by atoms with Crippen molar-refractivity contribution in [3.8, 4) is 5.69 Å². The molecule has 0 saturated heterocycles. The quantitative estimate of drug-likeness (QED) is 0.736. The highest BCUT2D eigenvalue weighted by atomic mass is 19.1.